The monoisotopic (exact) mass is 339 g/mol. The van der Waals surface area contributed by atoms with E-state index in [9.17, 15) is 9.90 Å². The molecule has 5 heteroatoms. The number of allylic oxidation sites excluding steroid dienone is 2. The highest BCUT2D eigenvalue weighted by Crippen LogP contribution is 2.38. The van der Waals surface area contributed by atoms with Crippen molar-refractivity contribution in [2.75, 3.05) is 18.1 Å². The first-order chi connectivity index (χ1) is 11.2. The van der Waals surface area contributed by atoms with Crippen molar-refractivity contribution in [2.24, 2.45) is 17.0 Å². The third-order valence-corrected chi connectivity index (χ3v) is 5.82. The zero-order valence-corrected chi connectivity index (χ0v) is 15.2. The molecule has 2 atom stereocenters. The smallest absolute Gasteiger partial charge is 0.168 e. The van der Waals surface area contributed by atoms with Gasteiger partial charge in [0.1, 0.15) is 12.4 Å². The number of hydrogen-bond acceptors (Lipinski definition) is 5. The summed E-state index contributed by atoms with van der Waals surface area (Å²) in [6, 6.07) is 0. The van der Waals surface area contributed by atoms with Crippen LogP contribution in [0.15, 0.2) is 16.5 Å². The summed E-state index contributed by atoms with van der Waals surface area (Å²) in [4.78, 5) is 17.9. The fourth-order valence-corrected chi connectivity index (χ4v) is 4.67. The minimum Gasteiger partial charge on any atom is -0.511 e. The Morgan fingerprint density at radius 2 is 2.13 bits per heavy atom. The number of Topliss-reactive ketones (excluding diaryl/α,β-unsaturated/α-hetero) is 1. The normalized spacial score (nSPS) is 26.5. The second-order valence-electron chi connectivity index (χ2n) is 6.51. The lowest BCUT2D eigenvalue weighted by Gasteiger charge is -2.32. The Morgan fingerprint density at radius 1 is 1.30 bits per heavy atom. The molecule has 1 N–H and O–H groups in total. The van der Waals surface area contributed by atoms with E-state index in [0.717, 1.165) is 18.6 Å². The van der Waals surface area contributed by atoms with Gasteiger partial charge in [0.25, 0.3) is 0 Å². The van der Waals surface area contributed by atoms with Crippen molar-refractivity contribution in [3.63, 3.8) is 0 Å². The maximum atomic E-state index is 12.6. The van der Waals surface area contributed by atoms with Crippen molar-refractivity contribution in [3.05, 3.63) is 11.3 Å². The first-order valence-corrected chi connectivity index (χ1v) is 10.0. The highest BCUT2D eigenvalue weighted by atomic mass is 32.2. The lowest BCUT2D eigenvalue weighted by molar-refractivity contribution is -0.117. The zero-order chi connectivity index (χ0) is 16.7. The van der Waals surface area contributed by atoms with Crippen LogP contribution in [0, 0.1) is 11.8 Å². The van der Waals surface area contributed by atoms with Gasteiger partial charge >= 0.3 is 0 Å². The average molecular weight is 340 g/mol. The van der Waals surface area contributed by atoms with E-state index in [2.05, 4.69) is 5.16 Å². The van der Waals surface area contributed by atoms with Gasteiger partial charge in [-0.25, -0.2) is 0 Å². The van der Waals surface area contributed by atoms with Crippen molar-refractivity contribution < 1.29 is 14.7 Å². The van der Waals surface area contributed by atoms with Crippen LogP contribution in [0.2, 0.25) is 0 Å². The van der Waals surface area contributed by atoms with Crippen LogP contribution in [0.5, 0.6) is 0 Å². The number of nitrogens with zero attached hydrogens (tertiary/aromatic N) is 1. The molecule has 1 aliphatic carbocycles. The number of ketones is 1. The molecular formula is C18H29NO3S. The van der Waals surface area contributed by atoms with Crippen molar-refractivity contribution in [2.45, 2.75) is 58.8 Å². The van der Waals surface area contributed by atoms with Crippen molar-refractivity contribution in [1.29, 1.82) is 0 Å². The van der Waals surface area contributed by atoms with Gasteiger partial charge in [-0.15, -0.1) is 0 Å². The molecule has 0 radical (unpaired) electrons. The highest BCUT2D eigenvalue weighted by Gasteiger charge is 2.35. The molecule has 0 aromatic carbocycles. The molecule has 1 saturated heterocycles. The number of carbonyl (C=O) groups excluding carboxylic acids is 1. The first kappa shape index (κ1) is 18.4. The van der Waals surface area contributed by atoms with E-state index >= 15 is 0 Å². The van der Waals surface area contributed by atoms with E-state index < -0.39 is 0 Å². The minimum absolute atomic E-state index is 0.0432. The molecule has 130 valence electrons. The van der Waals surface area contributed by atoms with Crippen LogP contribution in [-0.2, 0) is 9.63 Å². The lowest BCUT2D eigenvalue weighted by Crippen LogP contribution is -2.30. The molecular weight excluding hydrogens is 310 g/mol. The third-order valence-electron chi connectivity index (χ3n) is 4.58. The largest absolute Gasteiger partial charge is 0.511 e. The second kappa shape index (κ2) is 9.36. The SMILES string of the molecule is CCCO/N=C(\CCC)C1=C(O)CC(C2CCCSC2)CC1=O. The van der Waals surface area contributed by atoms with Crippen LogP contribution in [0.1, 0.15) is 58.8 Å². The van der Waals surface area contributed by atoms with Gasteiger partial charge in [-0.2, -0.15) is 11.8 Å². The van der Waals surface area contributed by atoms with Gasteiger partial charge in [0.15, 0.2) is 5.78 Å². The Morgan fingerprint density at radius 3 is 2.74 bits per heavy atom. The van der Waals surface area contributed by atoms with E-state index in [1.165, 1.54) is 18.6 Å². The molecule has 0 spiro atoms. The molecule has 0 aromatic heterocycles. The standard InChI is InChI=1S/C18H29NO3S/c1-3-6-15(19-22-8-4-2)18-16(20)10-14(11-17(18)21)13-7-5-9-23-12-13/h13-14,20H,3-12H2,1-2H3/b19-15+. The van der Waals surface area contributed by atoms with Crippen LogP contribution in [-0.4, -0.2) is 34.7 Å². The molecule has 2 aliphatic rings. The minimum atomic E-state index is 0.0432. The summed E-state index contributed by atoms with van der Waals surface area (Å²) in [5.41, 5.74) is 1.06. The van der Waals surface area contributed by atoms with Crippen molar-refractivity contribution in [3.8, 4) is 0 Å². The van der Waals surface area contributed by atoms with Crippen LogP contribution < -0.4 is 0 Å². The summed E-state index contributed by atoms with van der Waals surface area (Å²) in [5.74, 6) is 3.47. The topological polar surface area (TPSA) is 58.9 Å². The predicted molar refractivity (Wildman–Crippen MR) is 96.0 cm³/mol. The van der Waals surface area contributed by atoms with Gasteiger partial charge in [-0.1, -0.05) is 25.4 Å². The van der Waals surface area contributed by atoms with E-state index in [1.54, 1.807) is 0 Å². The number of oxime groups is 1. The Balaban J connectivity index is 2.13. The van der Waals surface area contributed by atoms with Crippen LogP contribution >= 0.6 is 11.8 Å². The first-order valence-electron chi connectivity index (χ1n) is 8.89. The summed E-state index contributed by atoms with van der Waals surface area (Å²) in [6.45, 7) is 4.60. The highest BCUT2D eigenvalue weighted by molar-refractivity contribution is 7.99. The van der Waals surface area contributed by atoms with E-state index in [1.807, 2.05) is 25.6 Å². The quantitative estimate of drug-likeness (QED) is 0.421. The fourth-order valence-electron chi connectivity index (χ4n) is 3.39. The van der Waals surface area contributed by atoms with Gasteiger partial charge in [-0.3, -0.25) is 4.79 Å². The van der Waals surface area contributed by atoms with Crippen molar-refractivity contribution >= 4 is 23.3 Å². The van der Waals surface area contributed by atoms with Crippen LogP contribution in [0.3, 0.4) is 0 Å². The number of rotatable bonds is 7. The van der Waals surface area contributed by atoms with Crippen molar-refractivity contribution in [1.82, 2.24) is 0 Å². The summed E-state index contributed by atoms with van der Waals surface area (Å²) < 4.78 is 0. The van der Waals surface area contributed by atoms with Crippen LogP contribution in [0.4, 0.5) is 0 Å². The summed E-state index contributed by atoms with van der Waals surface area (Å²) in [5, 5.41) is 14.6. The Hall–Kier alpha value is -0.970. The Kier molecular flexibility index (Phi) is 7.47. The van der Waals surface area contributed by atoms with E-state index in [4.69, 9.17) is 4.84 Å². The molecule has 23 heavy (non-hydrogen) atoms. The lowest BCUT2D eigenvalue weighted by atomic mass is 9.76. The maximum Gasteiger partial charge on any atom is 0.168 e. The van der Waals surface area contributed by atoms with Gasteiger partial charge in [-0.05, 0) is 49.0 Å². The second-order valence-corrected chi connectivity index (χ2v) is 7.66. The summed E-state index contributed by atoms with van der Waals surface area (Å²) in [6.07, 6.45) is 5.99. The van der Waals surface area contributed by atoms with Gasteiger partial charge in [0, 0.05) is 12.8 Å². The third kappa shape index (κ3) is 5.00. The molecule has 0 amide bonds. The van der Waals surface area contributed by atoms with E-state index in [0.29, 0.717) is 49.0 Å². The molecule has 4 nitrogen and oxygen atoms in total. The van der Waals surface area contributed by atoms with Gasteiger partial charge in [0.05, 0.1) is 11.3 Å². The molecule has 1 heterocycles. The molecule has 1 fully saturated rings. The summed E-state index contributed by atoms with van der Waals surface area (Å²) >= 11 is 1.98. The number of aliphatic hydroxyl groups excluding tert-OH is 1. The number of carbonyl (C=O) groups is 1. The van der Waals surface area contributed by atoms with Gasteiger partial charge in [0.2, 0.25) is 0 Å². The van der Waals surface area contributed by atoms with Gasteiger partial charge < -0.3 is 9.94 Å². The zero-order valence-electron chi connectivity index (χ0n) is 14.3. The molecule has 0 saturated carbocycles. The molecule has 1 aliphatic heterocycles. The number of thioether (sulfide) groups is 1. The number of hydrogen-bond donors (Lipinski definition) is 1. The molecule has 2 rings (SSSR count). The molecule has 0 bridgehead atoms. The molecule has 0 aromatic rings. The van der Waals surface area contributed by atoms with Crippen LogP contribution in [0.25, 0.3) is 0 Å². The summed E-state index contributed by atoms with van der Waals surface area (Å²) in [7, 11) is 0. The Labute approximate surface area is 143 Å². The predicted octanol–water partition coefficient (Wildman–Crippen LogP) is 4.50. The molecule has 2 unspecified atom stereocenters. The number of aliphatic hydroxyl groups is 1. The maximum absolute atomic E-state index is 12.6. The fraction of sp³-hybridized carbons (Fsp3) is 0.778. The van der Waals surface area contributed by atoms with E-state index in [-0.39, 0.29) is 11.5 Å². The average Bonchev–Trinajstić information content (AvgIpc) is 2.55. The Bertz CT molecular complexity index is 467.